The Balaban J connectivity index is 1.08. The van der Waals surface area contributed by atoms with Crippen LogP contribution in [-0.4, -0.2) is 153 Å². The number of nitrogens with one attached hydrogen (secondary N) is 2. The first kappa shape index (κ1) is 49.1. The Morgan fingerprint density at radius 1 is 1.04 bits per heavy atom. The largest absolute Gasteiger partial charge is 0.508 e. The zero-order chi connectivity index (χ0) is 49.0. The summed E-state index contributed by atoms with van der Waals surface area (Å²) in [6, 6.07) is 9.96. The summed E-state index contributed by atoms with van der Waals surface area (Å²) in [4.78, 5) is 85.3. The minimum Gasteiger partial charge on any atom is -0.508 e. The molecule has 4 aromatic rings. The Labute approximate surface area is 403 Å². The molecule has 4 atom stereocenters. The lowest BCUT2D eigenvalue weighted by Crippen LogP contribution is -2.62. The van der Waals surface area contributed by atoms with Crippen LogP contribution in [0.1, 0.15) is 70.8 Å². The molecule has 8 rings (SSSR count). The van der Waals surface area contributed by atoms with Crippen molar-refractivity contribution in [2.75, 3.05) is 66.1 Å². The molecule has 0 spiro atoms. The minimum atomic E-state index is -1.18. The monoisotopic (exact) mass is 943 g/mol. The molecule has 3 aromatic heterocycles. The van der Waals surface area contributed by atoms with Crippen LogP contribution in [0.25, 0.3) is 28.0 Å². The van der Waals surface area contributed by atoms with Crippen molar-refractivity contribution in [3.05, 3.63) is 71.8 Å². The van der Waals surface area contributed by atoms with E-state index in [1.807, 2.05) is 68.6 Å². The fourth-order valence-electron chi connectivity index (χ4n) is 9.97. The van der Waals surface area contributed by atoms with Crippen molar-refractivity contribution in [3.8, 4) is 40.0 Å². The van der Waals surface area contributed by atoms with Gasteiger partial charge in [-0.15, -0.1) is 0 Å². The number of aromatic nitrogens is 3. The van der Waals surface area contributed by atoms with Gasteiger partial charge in [0, 0.05) is 75.3 Å². The molecule has 3 N–H and O–H groups in total. The van der Waals surface area contributed by atoms with Gasteiger partial charge in [0.05, 0.1) is 43.7 Å². The van der Waals surface area contributed by atoms with Crippen molar-refractivity contribution < 1.29 is 38.6 Å². The number of cyclic esters (lactones) is 1. The smallest absolute Gasteiger partial charge is 0.324 e. The van der Waals surface area contributed by atoms with Gasteiger partial charge in [0.25, 0.3) is 11.8 Å². The van der Waals surface area contributed by atoms with Gasteiger partial charge in [0.15, 0.2) is 0 Å². The molecule has 17 nitrogen and oxygen atoms in total. The van der Waals surface area contributed by atoms with E-state index in [4.69, 9.17) is 14.5 Å². The Hall–Kier alpha value is -6.35. The predicted molar refractivity (Wildman–Crippen MR) is 258 cm³/mol. The summed E-state index contributed by atoms with van der Waals surface area (Å²) in [5, 5.41) is 15.6. The summed E-state index contributed by atoms with van der Waals surface area (Å²) in [5.74, 6) is 2.64. The number of pyridine rings is 2. The molecule has 4 aliphatic heterocycles. The summed E-state index contributed by atoms with van der Waals surface area (Å²) in [5.41, 5.74) is 8.84. The van der Waals surface area contributed by atoms with Crippen LogP contribution in [0.2, 0.25) is 0 Å². The maximum Gasteiger partial charge on any atom is 0.324 e. The van der Waals surface area contributed by atoms with E-state index >= 15 is 0 Å². The third kappa shape index (κ3) is 11.2. The average molecular weight is 944 g/mol. The highest BCUT2D eigenvalue weighted by atomic mass is 16.5. The lowest BCUT2D eigenvalue weighted by Gasteiger charge is -2.37. The Morgan fingerprint density at radius 2 is 1.84 bits per heavy atom. The topological polar surface area (TPSA) is 191 Å². The van der Waals surface area contributed by atoms with E-state index in [1.54, 1.807) is 30.3 Å². The summed E-state index contributed by atoms with van der Waals surface area (Å²) in [6.07, 6.45) is 6.31. The van der Waals surface area contributed by atoms with Crippen molar-refractivity contribution in [2.45, 2.75) is 91.3 Å². The number of hydrazine groups is 1. The van der Waals surface area contributed by atoms with Crippen molar-refractivity contribution in [2.24, 2.45) is 17.3 Å². The second-order valence-corrected chi connectivity index (χ2v) is 19.9. The molecule has 0 radical (unpaired) electrons. The van der Waals surface area contributed by atoms with Crippen molar-refractivity contribution in [1.82, 2.24) is 44.8 Å². The minimum absolute atomic E-state index is 0.0221. The first-order chi connectivity index (χ1) is 33.1. The number of hydrogen-bond acceptors (Lipinski definition) is 12. The van der Waals surface area contributed by atoms with Crippen LogP contribution in [0.5, 0.6) is 5.75 Å². The first-order valence-electron chi connectivity index (χ1n) is 24.3. The van der Waals surface area contributed by atoms with Crippen LogP contribution in [0.4, 0.5) is 0 Å². The molecular weight excluding hydrogens is 879 g/mol. The van der Waals surface area contributed by atoms with Gasteiger partial charge in [0.2, 0.25) is 11.8 Å². The van der Waals surface area contributed by atoms with Crippen LogP contribution in [0.3, 0.4) is 0 Å². The zero-order valence-corrected chi connectivity index (χ0v) is 40.6. The molecule has 7 heterocycles. The second kappa shape index (κ2) is 21.1. The van der Waals surface area contributed by atoms with E-state index in [1.165, 1.54) is 9.91 Å². The summed E-state index contributed by atoms with van der Waals surface area (Å²) in [7, 11) is 1.58. The summed E-state index contributed by atoms with van der Waals surface area (Å²) in [6.45, 7) is 14.0. The normalized spacial score (nSPS) is 21.5. The SMILES string of the molecule is CCc1ncccc1-c1nc2ccc3cn2c1CC(C)(C)COC(=O)[C@@H]1CCCN(N1)C(=O)[C@@H](NC(=O)[C@H](C(C)C)N(C)C(=O)[C@H]1CCN(C(=O)C#CCN2CCOCC2)C1)Cc1cc(O)cc-3c1. The molecule has 4 amide bonds. The highest BCUT2D eigenvalue weighted by molar-refractivity contribution is 5.95. The highest BCUT2D eigenvalue weighted by Gasteiger charge is 2.40. The number of likely N-dealkylation sites (tertiary alicyclic amines) is 1. The number of phenols is 1. The molecule has 3 saturated heterocycles. The third-order valence-corrected chi connectivity index (χ3v) is 13.6. The van der Waals surface area contributed by atoms with E-state index in [2.05, 4.69) is 39.4 Å². The molecule has 0 aliphatic carbocycles. The lowest BCUT2D eigenvalue weighted by atomic mass is 9.87. The average Bonchev–Trinajstić information content (AvgIpc) is 3.98. The van der Waals surface area contributed by atoms with Gasteiger partial charge in [-0.1, -0.05) is 46.6 Å². The number of ether oxygens (including phenoxy) is 2. The van der Waals surface area contributed by atoms with Crippen molar-refractivity contribution in [1.29, 1.82) is 0 Å². The standard InChI is InChI=1S/C52H65N9O8/c1-7-40-39(11-8-17-53-40)46-43-29-52(4,5)32-69-51(67)41-12-9-19-61(56-41)50(66)42(27-34-25-37(28-38(62)26-34)35-14-15-44(55-46)60(43)31-35)54-48(64)47(33(2)3)57(6)49(65)36-16-20-59(30-36)45(63)13-10-18-58-21-23-68-24-22-58/h8,11,14-15,17,25-26,28,31,33,36,41-42,47,56,62H,7,9,12,16,18-24,27,29-30,32H2,1-6H3,(H,54,64)/t36-,41-,42-,47-/m0/s1. The molecular formula is C52H65N9O8. The van der Waals surface area contributed by atoms with Gasteiger partial charge >= 0.3 is 5.97 Å². The van der Waals surface area contributed by atoms with Gasteiger partial charge in [-0.3, -0.25) is 38.9 Å². The number of hydrogen-bond donors (Lipinski definition) is 3. The Morgan fingerprint density at radius 3 is 2.61 bits per heavy atom. The van der Waals surface area contributed by atoms with Gasteiger partial charge < -0.3 is 34.1 Å². The number of carbonyl (C=O) groups is 5. The first-order valence-corrected chi connectivity index (χ1v) is 24.3. The number of imidazole rings is 1. The molecule has 4 aliphatic rings. The number of morpholine rings is 1. The number of likely N-dealkylation sites (N-methyl/N-ethyl adjacent to an activating group) is 1. The van der Waals surface area contributed by atoms with Gasteiger partial charge in [-0.05, 0) is 97.0 Å². The Bertz CT molecular complexity index is 2650. The number of aryl methyl sites for hydroxylation is 1. The predicted octanol–water partition coefficient (Wildman–Crippen LogP) is 3.65. The number of fused-ring (bicyclic) bond motifs is 6. The van der Waals surface area contributed by atoms with Gasteiger partial charge in [-0.25, -0.2) is 10.4 Å². The third-order valence-electron chi connectivity index (χ3n) is 13.6. The fraction of sp³-hybridized carbons (Fsp3) is 0.519. The number of rotatable bonds is 8. The van der Waals surface area contributed by atoms with E-state index in [-0.39, 0.29) is 49.6 Å². The van der Waals surface area contributed by atoms with Crippen LogP contribution < -0.4 is 10.7 Å². The maximum atomic E-state index is 14.7. The number of nitrogens with zero attached hydrogens (tertiary/aromatic N) is 7. The lowest BCUT2D eigenvalue weighted by molar-refractivity contribution is -0.155. The molecule has 0 saturated carbocycles. The molecule has 6 bridgehead atoms. The number of phenolic OH excluding ortho intramolecular Hbond substituents is 1. The highest BCUT2D eigenvalue weighted by Crippen LogP contribution is 2.35. The molecule has 1 aromatic carbocycles. The molecule has 3 fully saturated rings. The fourth-order valence-corrected chi connectivity index (χ4v) is 9.97. The van der Waals surface area contributed by atoms with Crippen LogP contribution in [-0.2, 0) is 52.7 Å². The quantitative estimate of drug-likeness (QED) is 0.172. The summed E-state index contributed by atoms with van der Waals surface area (Å²) >= 11 is 0. The molecule has 69 heavy (non-hydrogen) atoms. The van der Waals surface area contributed by atoms with Crippen molar-refractivity contribution in [3.63, 3.8) is 0 Å². The zero-order valence-electron chi connectivity index (χ0n) is 40.6. The number of aromatic hydroxyl groups is 1. The second-order valence-electron chi connectivity index (χ2n) is 19.9. The molecule has 366 valence electrons. The number of amides is 4. The number of benzene rings is 1. The Kier molecular flexibility index (Phi) is 15.0. The maximum absolute atomic E-state index is 14.7. The number of esters is 1. The van der Waals surface area contributed by atoms with E-state index < -0.39 is 47.2 Å². The van der Waals surface area contributed by atoms with Crippen molar-refractivity contribution >= 4 is 35.2 Å². The van der Waals surface area contributed by atoms with Crippen LogP contribution in [0.15, 0.2) is 54.9 Å². The van der Waals surface area contributed by atoms with Crippen LogP contribution >= 0.6 is 0 Å². The number of carbonyl (C=O) groups excluding carboxylic acids is 5. The van der Waals surface area contributed by atoms with E-state index in [0.717, 1.165) is 41.3 Å². The van der Waals surface area contributed by atoms with Crippen LogP contribution in [0, 0.1) is 29.1 Å². The van der Waals surface area contributed by atoms with E-state index in [0.29, 0.717) is 75.2 Å². The van der Waals surface area contributed by atoms with Gasteiger partial charge in [-0.2, -0.15) is 0 Å². The van der Waals surface area contributed by atoms with Gasteiger partial charge in [0.1, 0.15) is 29.5 Å². The summed E-state index contributed by atoms with van der Waals surface area (Å²) < 4.78 is 13.5. The molecule has 0 unspecified atom stereocenters. The molecule has 17 heteroatoms. The van der Waals surface area contributed by atoms with E-state index in [9.17, 15) is 29.1 Å².